The molecule has 104 valence electrons. The van der Waals surface area contributed by atoms with Crippen LogP contribution < -0.4 is 4.90 Å². The summed E-state index contributed by atoms with van der Waals surface area (Å²) >= 11 is 0. The molecule has 0 saturated carbocycles. The maximum Gasteiger partial charge on any atom is 0.335 e. The van der Waals surface area contributed by atoms with E-state index in [-0.39, 0.29) is 11.5 Å². The molecule has 20 heavy (non-hydrogen) atoms. The molecular weight excluding hydrogens is 258 g/mol. The van der Waals surface area contributed by atoms with Crippen LogP contribution in [-0.4, -0.2) is 33.3 Å². The fourth-order valence-electron chi connectivity index (χ4n) is 1.89. The highest BCUT2D eigenvalue weighted by molar-refractivity contribution is 5.93. The Bertz CT molecular complexity index is 591. The predicted octanol–water partition coefficient (Wildman–Crippen LogP) is 1.63. The number of carbonyl (C=O) groups excluding carboxylic acids is 1. The zero-order valence-corrected chi connectivity index (χ0v) is 11.1. The second-order valence-corrected chi connectivity index (χ2v) is 4.29. The molecular formula is C14H15N3O3. The van der Waals surface area contributed by atoms with E-state index in [2.05, 4.69) is 5.10 Å². The quantitative estimate of drug-likeness (QED) is 0.898. The second kappa shape index (κ2) is 6.01. The minimum atomic E-state index is -0.984. The number of carboxylic acids is 1. The lowest BCUT2D eigenvalue weighted by Crippen LogP contribution is -2.32. The molecule has 1 N–H and O–H groups in total. The number of anilines is 1. The van der Waals surface area contributed by atoms with Crippen LogP contribution in [0.5, 0.6) is 0 Å². The van der Waals surface area contributed by atoms with Gasteiger partial charge in [-0.05, 0) is 30.3 Å². The molecule has 0 radical (unpaired) electrons. The van der Waals surface area contributed by atoms with E-state index in [0.29, 0.717) is 18.8 Å². The van der Waals surface area contributed by atoms with Crippen LogP contribution in [0.1, 0.15) is 17.3 Å². The zero-order chi connectivity index (χ0) is 14.5. The first kappa shape index (κ1) is 13.8. The average Bonchev–Trinajstić information content (AvgIpc) is 2.92. The summed E-state index contributed by atoms with van der Waals surface area (Å²) in [6.07, 6.45) is 3.51. The van der Waals surface area contributed by atoms with Gasteiger partial charge in [-0.2, -0.15) is 5.10 Å². The van der Waals surface area contributed by atoms with Crippen molar-refractivity contribution in [2.24, 2.45) is 0 Å². The highest BCUT2D eigenvalue weighted by Gasteiger charge is 2.12. The van der Waals surface area contributed by atoms with Gasteiger partial charge in [0.1, 0.15) is 0 Å². The van der Waals surface area contributed by atoms with Gasteiger partial charge in [0.15, 0.2) is 0 Å². The Morgan fingerprint density at radius 3 is 2.50 bits per heavy atom. The number of nitrogens with zero attached hydrogens (tertiary/aromatic N) is 3. The third-order valence-corrected chi connectivity index (χ3v) is 2.92. The highest BCUT2D eigenvalue weighted by atomic mass is 16.4. The van der Waals surface area contributed by atoms with Crippen molar-refractivity contribution < 1.29 is 14.7 Å². The number of amides is 1. The lowest BCUT2D eigenvalue weighted by molar-refractivity contribution is -0.116. The van der Waals surface area contributed by atoms with Gasteiger partial charge >= 0.3 is 5.97 Å². The summed E-state index contributed by atoms with van der Waals surface area (Å²) < 4.78 is 1.74. The lowest BCUT2D eigenvalue weighted by Gasteiger charge is -2.21. The normalized spacial score (nSPS) is 10.2. The Morgan fingerprint density at radius 2 is 2.00 bits per heavy atom. The number of rotatable bonds is 5. The van der Waals surface area contributed by atoms with Crippen LogP contribution in [0.3, 0.4) is 0 Å². The third kappa shape index (κ3) is 3.23. The summed E-state index contributed by atoms with van der Waals surface area (Å²) in [6.45, 7) is 2.53. The number of carbonyl (C=O) groups is 2. The maximum atomic E-state index is 11.7. The molecule has 2 rings (SSSR count). The Balaban J connectivity index is 2.11. The van der Waals surface area contributed by atoms with Crippen molar-refractivity contribution in [3.05, 3.63) is 48.3 Å². The van der Waals surface area contributed by atoms with Gasteiger partial charge in [0.2, 0.25) is 5.91 Å². The van der Waals surface area contributed by atoms with Crippen molar-refractivity contribution in [2.75, 3.05) is 11.4 Å². The summed E-state index contributed by atoms with van der Waals surface area (Å²) in [4.78, 5) is 24.1. The number of benzene rings is 1. The highest BCUT2D eigenvalue weighted by Crippen LogP contribution is 2.15. The largest absolute Gasteiger partial charge is 0.478 e. The van der Waals surface area contributed by atoms with Crippen molar-refractivity contribution in [3.63, 3.8) is 0 Å². The van der Waals surface area contributed by atoms with E-state index in [4.69, 9.17) is 5.11 Å². The van der Waals surface area contributed by atoms with E-state index in [0.717, 1.165) is 0 Å². The van der Waals surface area contributed by atoms with E-state index < -0.39 is 5.97 Å². The van der Waals surface area contributed by atoms with Crippen LogP contribution in [0, 0.1) is 0 Å². The summed E-state index contributed by atoms with van der Waals surface area (Å²) in [6, 6.07) is 8.06. The molecule has 0 fully saturated rings. The smallest absolute Gasteiger partial charge is 0.335 e. The van der Waals surface area contributed by atoms with E-state index in [1.807, 2.05) is 12.3 Å². The van der Waals surface area contributed by atoms with Gasteiger partial charge in [-0.25, -0.2) is 4.79 Å². The van der Waals surface area contributed by atoms with E-state index in [1.54, 1.807) is 27.9 Å². The molecule has 6 heteroatoms. The SMILES string of the molecule is CC(=O)N(CCn1cccn1)c1ccc(C(=O)O)cc1. The lowest BCUT2D eigenvalue weighted by atomic mass is 10.2. The molecule has 1 heterocycles. The van der Waals surface area contributed by atoms with Gasteiger partial charge in [0.05, 0.1) is 12.1 Å². The van der Waals surface area contributed by atoms with Crippen LogP contribution in [0.4, 0.5) is 5.69 Å². The summed E-state index contributed by atoms with van der Waals surface area (Å²) in [5.41, 5.74) is 0.874. The molecule has 0 spiro atoms. The van der Waals surface area contributed by atoms with Gasteiger partial charge in [0, 0.05) is 31.5 Å². The average molecular weight is 273 g/mol. The minimum Gasteiger partial charge on any atom is -0.478 e. The molecule has 1 amide bonds. The zero-order valence-electron chi connectivity index (χ0n) is 11.1. The molecule has 0 unspecified atom stereocenters. The molecule has 6 nitrogen and oxygen atoms in total. The molecule has 0 aliphatic rings. The standard InChI is InChI=1S/C14H15N3O3/c1-11(18)17(10-9-16-8-2-7-15-16)13-5-3-12(4-6-13)14(19)20/h2-8H,9-10H2,1H3,(H,19,20). The first-order valence-electron chi connectivity index (χ1n) is 6.17. The van der Waals surface area contributed by atoms with Crippen LogP contribution in [0.2, 0.25) is 0 Å². The number of carboxylic acid groups (broad SMARTS) is 1. The Hall–Kier alpha value is -2.63. The Labute approximate surface area is 116 Å². The van der Waals surface area contributed by atoms with Crippen LogP contribution in [0.15, 0.2) is 42.7 Å². The van der Waals surface area contributed by atoms with Crippen LogP contribution >= 0.6 is 0 Å². The Morgan fingerprint density at radius 1 is 1.30 bits per heavy atom. The number of hydrogen-bond acceptors (Lipinski definition) is 3. The number of aromatic carboxylic acids is 1. The van der Waals surface area contributed by atoms with E-state index >= 15 is 0 Å². The predicted molar refractivity (Wildman–Crippen MR) is 73.7 cm³/mol. The topological polar surface area (TPSA) is 75.4 Å². The van der Waals surface area contributed by atoms with Crippen molar-refractivity contribution >= 4 is 17.6 Å². The van der Waals surface area contributed by atoms with Crippen molar-refractivity contribution in [1.29, 1.82) is 0 Å². The first-order chi connectivity index (χ1) is 9.58. The van der Waals surface area contributed by atoms with Crippen molar-refractivity contribution in [3.8, 4) is 0 Å². The van der Waals surface area contributed by atoms with Crippen LogP contribution in [0.25, 0.3) is 0 Å². The van der Waals surface area contributed by atoms with Gasteiger partial charge in [-0.15, -0.1) is 0 Å². The van der Waals surface area contributed by atoms with Gasteiger partial charge < -0.3 is 10.0 Å². The Kier molecular flexibility index (Phi) is 4.14. The molecule has 0 aliphatic heterocycles. The van der Waals surface area contributed by atoms with Crippen LogP contribution in [-0.2, 0) is 11.3 Å². The summed E-state index contributed by atoms with van der Waals surface area (Å²) in [5, 5.41) is 12.9. The van der Waals surface area contributed by atoms with E-state index in [9.17, 15) is 9.59 Å². The molecule has 0 atom stereocenters. The summed E-state index contributed by atoms with van der Waals surface area (Å²) in [7, 11) is 0. The van der Waals surface area contributed by atoms with Gasteiger partial charge in [-0.3, -0.25) is 9.48 Å². The minimum absolute atomic E-state index is 0.0970. The summed E-state index contributed by atoms with van der Waals surface area (Å²) in [5.74, 6) is -1.08. The number of hydrogen-bond donors (Lipinski definition) is 1. The van der Waals surface area contributed by atoms with E-state index in [1.165, 1.54) is 19.1 Å². The fourth-order valence-corrected chi connectivity index (χ4v) is 1.89. The van der Waals surface area contributed by atoms with Gasteiger partial charge in [0.25, 0.3) is 0 Å². The second-order valence-electron chi connectivity index (χ2n) is 4.29. The monoisotopic (exact) mass is 273 g/mol. The molecule has 0 bridgehead atoms. The molecule has 2 aromatic rings. The third-order valence-electron chi connectivity index (χ3n) is 2.92. The number of aromatic nitrogens is 2. The molecule has 1 aromatic heterocycles. The maximum absolute atomic E-state index is 11.7. The van der Waals surface area contributed by atoms with Crippen molar-refractivity contribution in [2.45, 2.75) is 13.5 Å². The molecule has 1 aromatic carbocycles. The fraction of sp³-hybridized carbons (Fsp3) is 0.214. The molecule has 0 aliphatic carbocycles. The van der Waals surface area contributed by atoms with Gasteiger partial charge in [-0.1, -0.05) is 0 Å². The molecule has 0 saturated heterocycles. The first-order valence-corrected chi connectivity index (χ1v) is 6.17. The van der Waals surface area contributed by atoms with Crippen molar-refractivity contribution in [1.82, 2.24) is 9.78 Å².